The van der Waals surface area contributed by atoms with Crippen molar-refractivity contribution < 1.29 is 0 Å². The maximum atomic E-state index is 4.97. The first-order chi connectivity index (χ1) is 16.8. The Morgan fingerprint density at radius 3 is 2.44 bits per heavy atom. The summed E-state index contributed by atoms with van der Waals surface area (Å²) in [6.07, 6.45) is 7.22. The van der Waals surface area contributed by atoms with E-state index in [2.05, 4.69) is 68.8 Å². The van der Waals surface area contributed by atoms with Crippen molar-refractivity contribution in [3.8, 4) is 16.9 Å². The molecule has 1 aliphatic heterocycles. The van der Waals surface area contributed by atoms with Crippen LogP contribution in [-0.4, -0.2) is 42.4 Å². The molecule has 34 heavy (non-hydrogen) atoms. The van der Waals surface area contributed by atoms with E-state index >= 15 is 0 Å². The molecule has 7 nitrogen and oxygen atoms in total. The molecule has 0 unspecified atom stereocenters. The Hall–Kier alpha value is -4.00. The molecule has 0 amide bonds. The van der Waals surface area contributed by atoms with Crippen LogP contribution in [0.2, 0.25) is 0 Å². The quantitative estimate of drug-likeness (QED) is 0.377. The number of aromatic nitrogens is 6. The Bertz CT molecular complexity index is 1410. The van der Waals surface area contributed by atoms with Crippen molar-refractivity contribution in [3.05, 3.63) is 84.6 Å². The molecule has 170 valence electrons. The molecule has 4 heterocycles. The summed E-state index contributed by atoms with van der Waals surface area (Å²) in [6.45, 7) is 4.76. The third kappa shape index (κ3) is 3.83. The van der Waals surface area contributed by atoms with Gasteiger partial charge in [0.25, 0.3) is 0 Å². The molecule has 3 aromatic heterocycles. The van der Waals surface area contributed by atoms with Crippen molar-refractivity contribution in [2.45, 2.75) is 32.7 Å². The molecule has 0 aliphatic carbocycles. The highest BCUT2D eigenvalue weighted by molar-refractivity contribution is 5.83. The van der Waals surface area contributed by atoms with Gasteiger partial charge in [-0.25, -0.2) is 19.6 Å². The van der Waals surface area contributed by atoms with Gasteiger partial charge in [-0.3, -0.25) is 0 Å². The second-order valence-electron chi connectivity index (χ2n) is 8.92. The van der Waals surface area contributed by atoms with Crippen molar-refractivity contribution >= 4 is 17.0 Å². The summed E-state index contributed by atoms with van der Waals surface area (Å²) in [5.41, 5.74) is 7.10. The second kappa shape index (κ2) is 8.74. The van der Waals surface area contributed by atoms with Crippen molar-refractivity contribution in [3.63, 3.8) is 0 Å². The van der Waals surface area contributed by atoms with Crippen LogP contribution >= 0.6 is 0 Å². The molecule has 0 saturated carbocycles. The summed E-state index contributed by atoms with van der Waals surface area (Å²) in [5.74, 6) is 0.945. The zero-order valence-electron chi connectivity index (χ0n) is 19.3. The van der Waals surface area contributed by atoms with Gasteiger partial charge in [0.05, 0.1) is 29.9 Å². The van der Waals surface area contributed by atoms with Gasteiger partial charge in [-0.15, -0.1) is 0 Å². The fourth-order valence-corrected chi connectivity index (χ4v) is 4.69. The smallest absolute Gasteiger partial charge is 0.165 e. The predicted molar refractivity (Wildman–Crippen MR) is 134 cm³/mol. The number of benzene rings is 2. The van der Waals surface area contributed by atoms with E-state index in [1.54, 1.807) is 6.33 Å². The zero-order valence-corrected chi connectivity index (χ0v) is 19.3. The van der Waals surface area contributed by atoms with Crippen molar-refractivity contribution in [2.75, 3.05) is 18.0 Å². The van der Waals surface area contributed by atoms with E-state index < -0.39 is 0 Å². The van der Waals surface area contributed by atoms with Gasteiger partial charge in [0.2, 0.25) is 0 Å². The molecule has 1 fully saturated rings. The standard InChI is InChI=1S/C27H27N7/c1-20-10-12-22(13-11-20)34-23(16-24(31-34)21-8-4-2-5-9-21)17-33-19-30-25-26(28-18-29-27(25)33)32-14-6-3-7-15-32/h2,4-5,8-13,16,18-19H,3,6-7,14-15,17H2,1H3. The lowest BCUT2D eigenvalue weighted by Gasteiger charge is -2.27. The molecule has 7 heteroatoms. The summed E-state index contributed by atoms with van der Waals surface area (Å²) >= 11 is 0. The lowest BCUT2D eigenvalue weighted by Crippen LogP contribution is -2.30. The molecule has 1 saturated heterocycles. The molecule has 0 atom stereocenters. The lowest BCUT2D eigenvalue weighted by molar-refractivity contribution is 0.574. The molecule has 0 radical (unpaired) electrons. The molecule has 0 N–H and O–H groups in total. The van der Waals surface area contributed by atoms with Crippen LogP contribution in [0.5, 0.6) is 0 Å². The maximum Gasteiger partial charge on any atom is 0.165 e. The van der Waals surface area contributed by atoms with Crippen molar-refractivity contribution in [1.29, 1.82) is 0 Å². The monoisotopic (exact) mass is 449 g/mol. The number of rotatable bonds is 5. The summed E-state index contributed by atoms with van der Waals surface area (Å²) < 4.78 is 4.13. The lowest BCUT2D eigenvalue weighted by atomic mass is 10.1. The number of imidazole rings is 1. The summed E-state index contributed by atoms with van der Waals surface area (Å²) in [6, 6.07) is 20.9. The molecule has 0 spiro atoms. The van der Waals surface area contributed by atoms with E-state index in [1.165, 1.54) is 24.8 Å². The Labute approximate surface area is 198 Å². The van der Waals surface area contributed by atoms with Crippen molar-refractivity contribution in [1.82, 2.24) is 29.3 Å². The number of nitrogens with zero attached hydrogens (tertiary/aromatic N) is 7. The molecule has 2 aromatic carbocycles. The highest BCUT2D eigenvalue weighted by Gasteiger charge is 2.19. The fourth-order valence-electron chi connectivity index (χ4n) is 4.69. The van der Waals surface area contributed by atoms with Gasteiger partial charge < -0.3 is 9.47 Å². The second-order valence-corrected chi connectivity index (χ2v) is 8.92. The minimum atomic E-state index is 0.612. The van der Waals surface area contributed by atoms with E-state index in [9.17, 15) is 0 Å². The fraction of sp³-hybridized carbons (Fsp3) is 0.259. The Balaban J connectivity index is 1.41. The van der Waals surface area contributed by atoms with Crippen LogP contribution in [0.4, 0.5) is 5.82 Å². The normalized spacial score (nSPS) is 14.1. The van der Waals surface area contributed by atoms with Gasteiger partial charge in [-0.2, -0.15) is 5.10 Å². The number of piperidine rings is 1. The molecule has 1 aliphatic rings. The van der Waals surface area contributed by atoms with Crippen LogP contribution in [0.15, 0.2) is 73.3 Å². The first kappa shape index (κ1) is 20.6. The molecule has 6 rings (SSSR count). The maximum absolute atomic E-state index is 4.97. The predicted octanol–water partition coefficient (Wildman–Crippen LogP) is 5.03. The van der Waals surface area contributed by atoms with Gasteiger partial charge in [0, 0.05) is 18.7 Å². The van der Waals surface area contributed by atoms with Crippen LogP contribution in [0.25, 0.3) is 28.1 Å². The Morgan fingerprint density at radius 1 is 0.853 bits per heavy atom. The largest absolute Gasteiger partial charge is 0.355 e. The third-order valence-corrected chi connectivity index (χ3v) is 6.50. The minimum absolute atomic E-state index is 0.612. The summed E-state index contributed by atoms with van der Waals surface area (Å²) in [4.78, 5) is 16.3. The van der Waals surface area contributed by atoms with E-state index in [0.717, 1.165) is 52.7 Å². The first-order valence-electron chi connectivity index (χ1n) is 11.9. The van der Waals surface area contributed by atoms with Gasteiger partial charge in [-0.1, -0.05) is 48.0 Å². The molecular weight excluding hydrogens is 422 g/mol. The van der Waals surface area contributed by atoms with Crippen LogP contribution in [0.1, 0.15) is 30.5 Å². The van der Waals surface area contributed by atoms with Crippen LogP contribution in [0, 0.1) is 6.92 Å². The molecular formula is C27H27N7. The Kier molecular flexibility index (Phi) is 5.30. The van der Waals surface area contributed by atoms with E-state index in [4.69, 9.17) is 10.1 Å². The van der Waals surface area contributed by atoms with Crippen LogP contribution in [-0.2, 0) is 6.54 Å². The van der Waals surface area contributed by atoms with Crippen molar-refractivity contribution in [2.24, 2.45) is 0 Å². The topological polar surface area (TPSA) is 64.7 Å². The minimum Gasteiger partial charge on any atom is -0.355 e. The number of hydrogen-bond acceptors (Lipinski definition) is 5. The van der Waals surface area contributed by atoms with Crippen LogP contribution < -0.4 is 4.90 Å². The summed E-state index contributed by atoms with van der Waals surface area (Å²) in [5, 5.41) is 4.97. The number of hydrogen-bond donors (Lipinski definition) is 0. The number of aryl methyl sites for hydroxylation is 1. The Morgan fingerprint density at radius 2 is 1.65 bits per heavy atom. The van der Waals surface area contributed by atoms with Gasteiger partial charge in [-0.05, 0) is 44.4 Å². The number of fused-ring (bicyclic) bond motifs is 1. The zero-order chi connectivity index (χ0) is 22.9. The van der Waals surface area contributed by atoms with E-state index in [-0.39, 0.29) is 0 Å². The van der Waals surface area contributed by atoms with Gasteiger partial charge in [0.15, 0.2) is 17.0 Å². The number of anilines is 1. The average molecular weight is 450 g/mol. The average Bonchev–Trinajstić information content (AvgIpc) is 3.50. The van der Waals surface area contributed by atoms with E-state index in [1.807, 2.05) is 29.2 Å². The summed E-state index contributed by atoms with van der Waals surface area (Å²) in [7, 11) is 0. The SMILES string of the molecule is Cc1ccc(-n2nc(-c3ccccc3)cc2Cn2cnc3c(N4CCCCC4)ncnc32)cc1. The highest BCUT2D eigenvalue weighted by Crippen LogP contribution is 2.27. The molecule has 5 aromatic rings. The highest BCUT2D eigenvalue weighted by atomic mass is 15.3. The van der Waals surface area contributed by atoms with Gasteiger partial charge in [0.1, 0.15) is 6.33 Å². The third-order valence-electron chi connectivity index (χ3n) is 6.50. The first-order valence-corrected chi connectivity index (χ1v) is 11.9. The molecule has 0 bridgehead atoms. The van der Waals surface area contributed by atoms with E-state index in [0.29, 0.717) is 6.54 Å². The van der Waals surface area contributed by atoms with Gasteiger partial charge >= 0.3 is 0 Å². The van der Waals surface area contributed by atoms with Crippen LogP contribution in [0.3, 0.4) is 0 Å².